The summed E-state index contributed by atoms with van der Waals surface area (Å²) in [5.41, 5.74) is 0. The minimum atomic E-state index is -0.0486. The fourth-order valence-corrected chi connectivity index (χ4v) is 0.882. The SMILES string of the molecule is CCOC(=O)C(CC)CC.[H-].[Na+]. The Bertz CT molecular complexity index is 105. The van der Waals surface area contributed by atoms with Gasteiger partial charge in [-0.25, -0.2) is 0 Å². The van der Waals surface area contributed by atoms with Crippen LogP contribution >= 0.6 is 0 Å². The van der Waals surface area contributed by atoms with Crippen molar-refractivity contribution in [1.82, 2.24) is 0 Å². The third-order valence-corrected chi connectivity index (χ3v) is 1.61. The van der Waals surface area contributed by atoms with Crippen LogP contribution in [0.1, 0.15) is 35.0 Å². The molecule has 0 fully saturated rings. The Morgan fingerprint density at radius 1 is 1.36 bits per heavy atom. The van der Waals surface area contributed by atoms with Crippen molar-refractivity contribution in [2.24, 2.45) is 5.92 Å². The van der Waals surface area contributed by atoms with E-state index in [1.165, 1.54) is 0 Å². The molecule has 0 aromatic carbocycles. The Hall–Kier alpha value is 0.470. The van der Waals surface area contributed by atoms with E-state index in [0.29, 0.717) is 6.61 Å². The monoisotopic (exact) mass is 168 g/mol. The Labute approximate surface area is 92.5 Å². The summed E-state index contributed by atoms with van der Waals surface area (Å²) in [5, 5.41) is 0. The zero-order chi connectivity index (χ0) is 7.98. The van der Waals surface area contributed by atoms with Crippen molar-refractivity contribution in [2.75, 3.05) is 6.61 Å². The normalized spacial score (nSPS) is 9.09. The second kappa shape index (κ2) is 8.57. The molecule has 0 aliphatic heterocycles. The van der Waals surface area contributed by atoms with Gasteiger partial charge < -0.3 is 6.16 Å². The first-order valence-corrected chi connectivity index (χ1v) is 3.92. The van der Waals surface area contributed by atoms with Crippen molar-refractivity contribution in [3.63, 3.8) is 0 Å². The zero-order valence-electron chi connectivity index (χ0n) is 9.02. The van der Waals surface area contributed by atoms with Crippen LogP contribution in [-0.2, 0) is 9.53 Å². The van der Waals surface area contributed by atoms with Crippen LogP contribution in [0.25, 0.3) is 0 Å². The van der Waals surface area contributed by atoms with Crippen molar-refractivity contribution < 1.29 is 40.5 Å². The molecule has 0 heterocycles. The average molecular weight is 168 g/mol. The summed E-state index contributed by atoms with van der Waals surface area (Å²) < 4.78 is 4.85. The van der Waals surface area contributed by atoms with Crippen molar-refractivity contribution >= 4 is 5.97 Å². The molecular weight excluding hydrogens is 151 g/mol. The van der Waals surface area contributed by atoms with E-state index in [9.17, 15) is 4.79 Å². The van der Waals surface area contributed by atoms with E-state index in [1.54, 1.807) is 0 Å². The molecule has 0 aromatic heterocycles. The van der Waals surface area contributed by atoms with Crippen LogP contribution in [0.3, 0.4) is 0 Å². The van der Waals surface area contributed by atoms with Gasteiger partial charge >= 0.3 is 35.5 Å². The molecule has 0 saturated heterocycles. The van der Waals surface area contributed by atoms with Crippen molar-refractivity contribution in [1.29, 1.82) is 0 Å². The van der Waals surface area contributed by atoms with Gasteiger partial charge in [-0.3, -0.25) is 4.79 Å². The molecule has 0 spiro atoms. The van der Waals surface area contributed by atoms with E-state index in [4.69, 9.17) is 4.74 Å². The first-order chi connectivity index (χ1) is 4.76. The van der Waals surface area contributed by atoms with Gasteiger partial charge in [0.1, 0.15) is 0 Å². The molecule has 62 valence electrons. The van der Waals surface area contributed by atoms with E-state index in [0.717, 1.165) is 12.8 Å². The number of esters is 1. The minimum absolute atomic E-state index is 0. The summed E-state index contributed by atoms with van der Waals surface area (Å²) in [7, 11) is 0. The third kappa shape index (κ3) is 5.71. The summed E-state index contributed by atoms with van der Waals surface area (Å²) in [5.74, 6) is 0.0625. The molecule has 0 N–H and O–H groups in total. The van der Waals surface area contributed by atoms with E-state index < -0.39 is 0 Å². The zero-order valence-corrected chi connectivity index (χ0v) is 10.0. The van der Waals surface area contributed by atoms with E-state index in [-0.39, 0.29) is 42.9 Å². The summed E-state index contributed by atoms with van der Waals surface area (Å²) in [4.78, 5) is 11.0. The summed E-state index contributed by atoms with van der Waals surface area (Å²) in [6, 6.07) is 0. The predicted octanol–water partition coefficient (Wildman–Crippen LogP) is -0.898. The molecule has 0 saturated carbocycles. The van der Waals surface area contributed by atoms with Crippen molar-refractivity contribution in [3.8, 4) is 0 Å². The van der Waals surface area contributed by atoms with Gasteiger partial charge in [0.25, 0.3) is 0 Å². The molecule has 0 radical (unpaired) electrons. The maximum Gasteiger partial charge on any atom is 1.00 e. The second-order valence-corrected chi connectivity index (χ2v) is 2.27. The van der Waals surface area contributed by atoms with Crippen LogP contribution in [0.5, 0.6) is 0 Å². The van der Waals surface area contributed by atoms with Crippen LogP contribution in [0.15, 0.2) is 0 Å². The molecule has 0 atom stereocenters. The largest absolute Gasteiger partial charge is 1.00 e. The maximum atomic E-state index is 11.0. The molecule has 3 heteroatoms. The molecule has 0 aromatic rings. The molecule has 0 aliphatic rings. The van der Waals surface area contributed by atoms with E-state index in [1.807, 2.05) is 20.8 Å². The Kier molecular flexibility index (Phi) is 10.9. The molecule has 0 aliphatic carbocycles. The van der Waals surface area contributed by atoms with Gasteiger partial charge in [-0.15, -0.1) is 0 Å². The Morgan fingerprint density at radius 2 is 1.82 bits per heavy atom. The first kappa shape index (κ1) is 14.0. The molecule has 0 unspecified atom stereocenters. The van der Waals surface area contributed by atoms with Crippen LogP contribution in [0.4, 0.5) is 0 Å². The number of carbonyl (C=O) groups is 1. The van der Waals surface area contributed by atoms with E-state index in [2.05, 4.69) is 0 Å². The summed E-state index contributed by atoms with van der Waals surface area (Å²) in [6.45, 7) is 6.34. The fourth-order valence-electron chi connectivity index (χ4n) is 0.882. The van der Waals surface area contributed by atoms with Gasteiger partial charge in [0.15, 0.2) is 0 Å². The maximum absolute atomic E-state index is 11.0. The quantitative estimate of drug-likeness (QED) is 0.402. The third-order valence-electron chi connectivity index (χ3n) is 1.61. The summed E-state index contributed by atoms with van der Waals surface area (Å²) in [6.07, 6.45) is 1.77. The van der Waals surface area contributed by atoms with Gasteiger partial charge in [0.2, 0.25) is 0 Å². The number of rotatable bonds is 4. The molecule has 2 nitrogen and oxygen atoms in total. The van der Waals surface area contributed by atoms with Gasteiger partial charge in [-0.05, 0) is 19.8 Å². The minimum Gasteiger partial charge on any atom is -1.00 e. The predicted molar refractivity (Wildman–Crippen MR) is 41.8 cm³/mol. The van der Waals surface area contributed by atoms with Crippen molar-refractivity contribution in [3.05, 3.63) is 0 Å². The molecular formula is C8H17NaO2. The first-order valence-electron chi connectivity index (χ1n) is 3.92. The Balaban J connectivity index is -0.000000405. The molecule has 11 heavy (non-hydrogen) atoms. The number of hydrogen-bond donors (Lipinski definition) is 0. The van der Waals surface area contributed by atoms with Gasteiger partial charge in [-0.2, -0.15) is 0 Å². The van der Waals surface area contributed by atoms with E-state index >= 15 is 0 Å². The standard InChI is InChI=1S/C8H16O2.Na.H/c1-4-7(5-2)8(9)10-6-3;;/h7H,4-6H2,1-3H3;;/q;+1;-1. The molecule has 0 bridgehead atoms. The average Bonchev–Trinajstić information content (AvgIpc) is 1.91. The van der Waals surface area contributed by atoms with Crippen LogP contribution < -0.4 is 29.6 Å². The van der Waals surface area contributed by atoms with Gasteiger partial charge in [0, 0.05) is 0 Å². The summed E-state index contributed by atoms with van der Waals surface area (Å²) >= 11 is 0. The van der Waals surface area contributed by atoms with Crippen LogP contribution in [0, 0.1) is 5.92 Å². The smallest absolute Gasteiger partial charge is 1.00 e. The van der Waals surface area contributed by atoms with Gasteiger partial charge in [0.05, 0.1) is 12.5 Å². The number of hydrogen-bond acceptors (Lipinski definition) is 2. The Morgan fingerprint density at radius 3 is 2.09 bits per heavy atom. The van der Waals surface area contributed by atoms with Gasteiger partial charge in [-0.1, -0.05) is 13.8 Å². The van der Waals surface area contributed by atoms with Crippen LogP contribution in [0.2, 0.25) is 0 Å². The molecule has 0 rings (SSSR count). The van der Waals surface area contributed by atoms with Crippen LogP contribution in [-0.4, -0.2) is 12.6 Å². The number of carbonyl (C=O) groups excluding carboxylic acids is 1. The molecule has 0 amide bonds. The topological polar surface area (TPSA) is 26.3 Å². The number of ether oxygens (including phenoxy) is 1. The fraction of sp³-hybridized carbons (Fsp3) is 0.875. The van der Waals surface area contributed by atoms with Crippen molar-refractivity contribution in [2.45, 2.75) is 33.6 Å². The second-order valence-electron chi connectivity index (χ2n) is 2.27.